The lowest BCUT2D eigenvalue weighted by atomic mass is 9.93. The summed E-state index contributed by atoms with van der Waals surface area (Å²) in [4.78, 5) is 0. The van der Waals surface area contributed by atoms with Crippen LogP contribution in [0.5, 0.6) is 0 Å². The molecule has 9 aromatic rings. The number of thiophene rings is 1. The standard InChI is InChI=1S/C38H23NOS/c1-2-11-25(12-3-1)39-33-19-8-6-16-30(33)38-36(39)31-18-10-17-29(37(31)40-38)27-14-5-4-13-26(27)24-21-22-35-32(23-24)28-15-7-9-20-34(28)41-35/h1-23H. The van der Waals surface area contributed by atoms with Crippen LogP contribution < -0.4 is 0 Å². The Bertz CT molecular complexity index is 2420. The molecular formula is C38H23NOS. The Morgan fingerprint density at radius 1 is 0.463 bits per heavy atom. The van der Waals surface area contributed by atoms with Crippen molar-refractivity contribution in [1.82, 2.24) is 4.57 Å². The number of rotatable bonds is 3. The highest BCUT2D eigenvalue weighted by atomic mass is 32.1. The zero-order chi connectivity index (χ0) is 26.9. The molecule has 0 atom stereocenters. The molecule has 0 bridgehead atoms. The number of fused-ring (bicyclic) bond motifs is 8. The minimum absolute atomic E-state index is 0.919. The average molecular weight is 542 g/mol. The Balaban J connectivity index is 1.32. The van der Waals surface area contributed by atoms with Crippen LogP contribution in [0.3, 0.4) is 0 Å². The summed E-state index contributed by atoms with van der Waals surface area (Å²) in [6.07, 6.45) is 0. The molecule has 0 spiro atoms. The topological polar surface area (TPSA) is 18.1 Å². The maximum Gasteiger partial charge on any atom is 0.161 e. The lowest BCUT2D eigenvalue weighted by Crippen LogP contribution is -1.93. The van der Waals surface area contributed by atoms with E-state index in [2.05, 4.69) is 144 Å². The number of benzene rings is 6. The van der Waals surface area contributed by atoms with Gasteiger partial charge in [-0.15, -0.1) is 11.3 Å². The molecule has 41 heavy (non-hydrogen) atoms. The quantitative estimate of drug-likeness (QED) is 0.217. The van der Waals surface area contributed by atoms with Gasteiger partial charge < -0.3 is 8.98 Å². The van der Waals surface area contributed by atoms with Gasteiger partial charge in [0.25, 0.3) is 0 Å². The van der Waals surface area contributed by atoms with Gasteiger partial charge in [-0.3, -0.25) is 0 Å². The van der Waals surface area contributed by atoms with Crippen LogP contribution in [0.4, 0.5) is 0 Å². The zero-order valence-electron chi connectivity index (χ0n) is 22.0. The fourth-order valence-corrected chi connectivity index (χ4v) is 7.50. The van der Waals surface area contributed by atoms with Crippen LogP contribution in [0.2, 0.25) is 0 Å². The highest BCUT2D eigenvalue weighted by molar-refractivity contribution is 7.25. The zero-order valence-corrected chi connectivity index (χ0v) is 22.9. The van der Waals surface area contributed by atoms with E-state index in [0.717, 1.165) is 44.2 Å². The van der Waals surface area contributed by atoms with Crippen LogP contribution in [0.15, 0.2) is 144 Å². The van der Waals surface area contributed by atoms with E-state index in [1.54, 1.807) is 0 Å². The van der Waals surface area contributed by atoms with Gasteiger partial charge in [0.2, 0.25) is 0 Å². The molecule has 6 aromatic carbocycles. The predicted molar refractivity (Wildman–Crippen MR) is 174 cm³/mol. The maximum atomic E-state index is 6.84. The minimum Gasteiger partial charge on any atom is -0.453 e. The van der Waals surface area contributed by atoms with Gasteiger partial charge in [-0.1, -0.05) is 91.0 Å². The van der Waals surface area contributed by atoms with Crippen molar-refractivity contribution in [2.24, 2.45) is 0 Å². The van der Waals surface area contributed by atoms with Crippen molar-refractivity contribution in [2.45, 2.75) is 0 Å². The number of nitrogens with zero attached hydrogens (tertiary/aromatic N) is 1. The van der Waals surface area contributed by atoms with E-state index in [0.29, 0.717) is 0 Å². The molecule has 0 fully saturated rings. The second kappa shape index (κ2) is 8.69. The van der Waals surface area contributed by atoms with Gasteiger partial charge in [-0.05, 0) is 65.2 Å². The van der Waals surface area contributed by atoms with Crippen molar-refractivity contribution in [3.8, 4) is 27.9 Å². The van der Waals surface area contributed by atoms with Crippen LogP contribution in [-0.4, -0.2) is 4.57 Å². The molecule has 0 amide bonds. The number of para-hydroxylation sites is 3. The van der Waals surface area contributed by atoms with Gasteiger partial charge in [-0.25, -0.2) is 0 Å². The van der Waals surface area contributed by atoms with Crippen LogP contribution in [-0.2, 0) is 0 Å². The van der Waals surface area contributed by atoms with E-state index in [1.165, 1.54) is 36.9 Å². The van der Waals surface area contributed by atoms with Crippen LogP contribution >= 0.6 is 11.3 Å². The lowest BCUT2D eigenvalue weighted by molar-refractivity contribution is 0.674. The first kappa shape index (κ1) is 22.7. The van der Waals surface area contributed by atoms with Gasteiger partial charge in [0, 0.05) is 42.2 Å². The summed E-state index contributed by atoms with van der Waals surface area (Å²) < 4.78 is 11.8. The molecule has 3 aromatic heterocycles. The lowest BCUT2D eigenvalue weighted by Gasteiger charge is -2.12. The average Bonchev–Trinajstić information content (AvgIpc) is 3.70. The summed E-state index contributed by atoms with van der Waals surface area (Å²) in [7, 11) is 0. The molecule has 192 valence electrons. The van der Waals surface area contributed by atoms with Crippen LogP contribution in [0.1, 0.15) is 0 Å². The molecule has 0 unspecified atom stereocenters. The van der Waals surface area contributed by atoms with E-state index in [9.17, 15) is 0 Å². The summed E-state index contributed by atoms with van der Waals surface area (Å²) in [6, 6.07) is 49.9. The first-order chi connectivity index (χ1) is 20.3. The Kier molecular flexibility index (Phi) is 4.80. The van der Waals surface area contributed by atoms with Crippen molar-refractivity contribution in [3.05, 3.63) is 140 Å². The SMILES string of the molecule is c1ccc(-n2c3ccccc3c3oc4c(-c5ccccc5-c5ccc6sc7ccccc7c6c5)cccc4c32)cc1. The van der Waals surface area contributed by atoms with Crippen molar-refractivity contribution in [2.75, 3.05) is 0 Å². The maximum absolute atomic E-state index is 6.84. The second-order valence-corrected chi connectivity index (χ2v) is 11.6. The summed E-state index contributed by atoms with van der Waals surface area (Å²) in [5.74, 6) is 0. The molecule has 0 N–H and O–H groups in total. The Labute approximate surface area is 240 Å². The van der Waals surface area contributed by atoms with E-state index in [-0.39, 0.29) is 0 Å². The van der Waals surface area contributed by atoms with Gasteiger partial charge in [-0.2, -0.15) is 0 Å². The van der Waals surface area contributed by atoms with Crippen molar-refractivity contribution in [1.29, 1.82) is 0 Å². The van der Waals surface area contributed by atoms with Crippen molar-refractivity contribution >= 4 is 64.5 Å². The monoisotopic (exact) mass is 541 g/mol. The molecule has 3 heterocycles. The fourth-order valence-electron chi connectivity index (χ4n) is 6.41. The highest BCUT2D eigenvalue weighted by Crippen LogP contribution is 2.44. The van der Waals surface area contributed by atoms with E-state index < -0.39 is 0 Å². The molecule has 0 saturated heterocycles. The van der Waals surface area contributed by atoms with Gasteiger partial charge in [0.05, 0.1) is 5.52 Å². The van der Waals surface area contributed by atoms with Crippen LogP contribution in [0.25, 0.3) is 81.1 Å². The van der Waals surface area contributed by atoms with Crippen molar-refractivity contribution < 1.29 is 4.42 Å². The summed E-state index contributed by atoms with van der Waals surface area (Å²) in [6.45, 7) is 0. The normalized spacial score (nSPS) is 11.9. The fraction of sp³-hybridized carbons (Fsp3) is 0. The van der Waals surface area contributed by atoms with E-state index >= 15 is 0 Å². The molecule has 0 radical (unpaired) electrons. The van der Waals surface area contributed by atoms with Crippen LogP contribution in [0, 0.1) is 0 Å². The number of hydrogen-bond donors (Lipinski definition) is 0. The predicted octanol–water partition coefficient (Wildman–Crippen LogP) is 11.2. The Morgan fingerprint density at radius 3 is 2.05 bits per heavy atom. The second-order valence-electron chi connectivity index (χ2n) is 10.5. The molecule has 0 aliphatic rings. The molecule has 3 heteroatoms. The minimum atomic E-state index is 0.919. The highest BCUT2D eigenvalue weighted by Gasteiger charge is 2.22. The molecular weight excluding hydrogens is 518 g/mol. The van der Waals surface area contributed by atoms with Gasteiger partial charge >= 0.3 is 0 Å². The first-order valence-corrected chi connectivity index (χ1v) is 14.7. The molecule has 0 saturated carbocycles. The molecule has 0 aliphatic carbocycles. The number of hydrogen-bond acceptors (Lipinski definition) is 2. The van der Waals surface area contributed by atoms with Gasteiger partial charge in [0.15, 0.2) is 5.58 Å². The third-order valence-electron chi connectivity index (χ3n) is 8.22. The molecule has 9 rings (SSSR count). The Morgan fingerprint density at radius 2 is 1.15 bits per heavy atom. The number of furan rings is 1. The molecule has 2 nitrogen and oxygen atoms in total. The third kappa shape index (κ3) is 3.30. The van der Waals surface area contributed by atoms with E-state index in [1.807, 2.05) is 11.3 Å². The number of aromatic nitrogens is 1. The largest absolute Gasteiger partial charge is 0.453 e. The Hall–Kier alpha value is -5.12. The summed E-state index contributed by atoms with van der Waals surface area (Å²) in [5.41, 5.74) is 9.92. The summed E-state index contributed by atoms with van der Waals surface area (Å²) >= 11 is 1.85. The third-order valence-corrected chi connectivity index (χ3v) is 9.37. The van der Waals surface area contributed by atoms with Gasteiger partial charge in [0.1, 0.15) is 11.1 Å². The molecule has 0 aliphatic heterocycles. The summed E-state index contributed by atoms with van der Waals surface area (Å²) in [5, 5.41) is 4.86. The first-order valence-electron chi connectivity index (χ1n) is 13.9. The smallest absolute Gasteiger partial charge is 0.161 e. The van der Waals surface area contributed by atoms with E-state index in [4.69, 9.17) is 4.42 Å². The van der Waals surface area contributed by atoms with Crippen molar-refractivity contribution in [3.63, 3.8) is 0 Å².